The first-order chi connectivity index (χ1) is 15.3. The average molecular weight is 464 g/mol. The molecular formula is C23H27F2N3O3S. The molecule has 6 nitrogen and oxygen atoms in total. The summed E-state index contributed by atoms with van der Waals surface area (Å²) in [5, 5.41) is 3.03. The van der Waals surface area contributed by atoms with Gasteiger partial charge in [0.25, 0.3) is 0 Å². The molecule has 2 aliphatic carbocycles. The molecule has 32 heavy (non-hydrogen) atoms. The van der Waals surface area contributed by atoms with E-state index in [9.17, 15) is 17.2 Å². The quantitative estimate of drug-likeness (QED) is 0.704. The molecule has 0 radical (unpaired) electrons. The molecule has 2 saturated carbocycles. The number of nitrogens with one attached hydrogen (secondary N) is 1. The Morgan fingerprint density at radius 3 is 2.28 bits per heavy atom. The Kier molecular flexibility index (Phi) is 5.46. The maximum atomic E-state index is 13.8. The lowest BCUT2D eigenvalue weighted by molar-refractivity contribution is -0.252. The van der Waals surface area contributed by atoms with E-state index >= 15 is 0 Å². The maximum absolute atomic E-state index is 13.8. The Morgan fingerprint density at radius 2 is 1.72 bits per heavy atom. The van der Waals surface area contributed by atoms with E-state index in [1.54, 1.807) is 16.4 Å². The van der Waals surface area contributed by atoms with E-state index < -0.39 is 21.7 Å². The van der Waals surface area contributed by atoms with Gasteiger partial charge in [0, 0.05) is 25.8 Å². The van der Waals surface area contributed by atoms with E-state index in [0.29, 0.717) is 25.5 Å². The zero-order chi connectivity index (χ0) is 22.4. The van der Waals surface area contributed by atoms with Crippen molar-refractivity contribution in [3.63, 3.8) is 0 Å². The SMILES string of the molecule is O=S(=O)(c1ccc(NCCc2cccc(F)c2F)nc1)N1CC2(CCC2)OC2(CCC2)C1. The lowest BCUT2D eigenvalue weighted by atomic mass is 9.73. The van der Waals surface area contributed by atoms with Gasteiger partial charge in [0.05, 0.1) is 11.2 Å². The summed E-state index contributed by atoms with van der Waals surface area (Å²) in [6.07, 6.45) is 7.43. The van der Waals surface area contributed by atoms with E-state index in [2.05, 4.69) is 10.3 Å². The van der Waals surface area contributed by atoms with Gasteiger partial charge in [0.2, 0.25) is 10.0 Å². The number of morpholine rings is 1. The molecule has 1 aromatic carbocycles. The van der Waals surface area contributed by atoms with Crippen LogP contribution in [0.1, 0.15) is 44.1 Å². The number of pyridine rings is 1. The van der Waals surface area contributed by atoms with E-state index in [1.807, 2.05) is 0 Å². The van der Waals surface area contributed by atoms with Gasteiger partial charge >= 0.3 is 0 Å². The maximum Gasteiger partial charge on any atom is 0.244 e. The van der Waals surface area contributed by atoms with Gasteiger partial charge in [-0.05, 0) is 68.7 Å². The molecule has 1 aliphatic heterocycles. The van der Waals surface area contributed by atoms with Crippen molar-refractivity contribution in [2.45, 2.75) is 61.0 Å². The normalized spacial score (nSPS) is 21.8. The first-order valence-corrected chi connectivity index (χ1v) is 12.6. The number of rotatable bonds is 6. The summed E-state index contributed by atoms with van der Waals surface area (Å²) in [7, 11) is -3.68. The molecule has 0 unspecified atom stereocenters. The Balaban J connectivity index is 1.25. The van der Waals surface area contributed by atoms with Gasteiger partial charge in [-0.2, -0.15) is 4.31 Å². The van der Waals surface area contributed by atoms with Crippen molar-refractivity contribution in [1.82, 2.24) is 9.29 Å². The molecule has 1 saturated heterocycles. The topological polar surface area (TPSA) is 71.5 Å². The van der Waals surface area contributed by atoms with E-state index in [0.717, 1.165) is 44.6 Å². The number of benzene rings is 1. The minimum absolute atomic E-state index is 0.157. The molecule has 172 valence electrons. The van der Waals surface area contributed by atoms with Gasteiger partial charge in [-0.15, -0.1) is 0 Å². The number of hydrogen-bond acceptors (Lipinski definition) is 5. The molecule has 1 N–H and O–H groups in total. The standard InChI is InChI=1S/C23H27F2N3O3S/c24-19-5-1-4-17(21(19)25)8-13-26-20-7-6-18(14-27-20)32(29,30)28-15-22(9-2-10-22)31-23(16-28)11-3-12-23/h1,4-7,14H,2-3,8-13,15-16H2,(H,26,27). The second-order valence-corrected chi connectivity index (χ2v) is 11.2. The Morgan fingerprint density at radius 1 is 1.03 bits per heavy atom. The minimum atomic E-state index is -3.68. The fraction of sp³-hybridized carbons (Fsp3) is 0.522. The van der Waals surface area contributed by atoms with E-state index in [-0.39, 0.29) is 28.1 Å². The van der Waals surface area contributed by atoms with E-state index in [4.69, 9.17) is 4.74 Å². The van der Waals surface area contributed by atoms with Gasteiger partial charge in [0.15, 0.2) is 11.6 Å². The van der Waals surface area contributed by atoms with Crippen LogP contribution in [0.3, 0.4) is 0 Å². The number of nitrogens with zero attached hydrogens (tertiary/aromatic N) is 2. The Hall–Kier alpha value is -2.10. The van der Waals surface area contributed by atoms with Crippen LogP contribution in [0, 0.1) is 11.6 Å². The molecule has 2 heterocycles. The van der Waals surface area contributed by atoms with Crippen LogP contribution in [0.25, 0.3) is 0 Å². The fourth-order valence-corrected chi connectivity index (χ4v) is 6.44. The first-order valence-electron chi connectivity index (χ1n) is 11.1. The van der Waals surface area contributed by atoms with Gasteiger partial charge < -0.3 is 10.1 Å². The third-order valence-corrected chi connectivity index (χ3v) is 8.77. The smallest absolute Gasteiger partial charge is 0.244 e. The number of sulfonamides is 1. The molecule has 5 rings (SSSR count). The Labute approximate surface area is 187 Å². The van der Waals surface area contributed by atoms with Crippen LogP contribution < -0.4 is 5.32 Å². The third kappa shape index (κ3) is 3.91. The molecule has 3 aliphatic rings. The zero-order valence-electron chi connectivity index (χ0n) is 17.8. The number of ether oxygens (including phenoxy) is 1. The van der Waals surface area contributed by atoms with Crippen LogP contribution in [-0.4, -0.2) is 48.5 Å². The summed E-state index contributed by atoms with van der Waals surface area (Å²) in [6.45, 7) is 1.14. The highest BCUT2D eigenvalue weighted by Gasteiger charge is 2.56. The molecular weight excluding hydrogens is 436 g/mol. The monoisotopic (exact) mass is 463 g/mol. The molecule has 9 heteroatoms. The number of aromatic nitrogens is 1. The summed E-state index contributed by atoms with van der Waals surface area (Å²) in [4.78, 5) is 4.39. The highest BCUT2D eigenvalue weighted by molar-refractivity contribution is 7.89. The highest BCUT2D eigenvalue weighted by atomic mass is 32.2. The van der Waals surface area contributed by atoms with Gasteiger partial charge in [0.1, 0.15) is 10.7 Å². The highest BCUT2D eigenvalue weighted by Crippen LogP contribution is 2.50. The second-order valence-electron chi connectivity index (χ2n) is 9.22. The molecule has 0 amide bonds. The molecule has 0 bridgehead atoms. The van der Waals surface area contributed by atoms with Crippen molar-refractivity contribution in [3.05, 3.63) is 53.7 Å². The van der Waals surface area contributed by atoms with Gasteiger partial charge in [-0.1, -0.05) is 12.1 Å². The predicted molar refractivity (Wildman–Crippen MR) is 116 cm³/mol. The number of anilines is 1. The van der Waals surface area contributed by atoms with Crippen molar-refractivity contribution in [2.24, 2.45) is 0 Å². The summed E-state index contributed by atoms with van der Waals surface area (Å²) in [6, 6.07) is 7.24. The molecule has 2 aromatic rings. The van der Waals surface area contributed by atoms with Crippen molar-refractivity contribution < 1.29 is 21.9 Å². The van der Waals surface area contributed by atoms with Crippen molar-refractivity contribution >= 4 is 15.8 Å². The van der Waals surface area contributed by atoms with Crippen molar-refractivity contribution in [1.29, 1.82) is 0 Å². The zero-order valence-corrected chi connectivity index (χ0v) is 18.6. The summed E-state index contributed by atoms with van der Waals surface area (Å²) < 4.78 is 61.8. The lowest BCUT2D eigenvalue weighted by Crippen LogP contribution is -2.67. The number of halogens is 2. The summed E-state index contributed by atoms with van der Waals surface area (Å²) >= 11 is 0. The summed E-state index contributed by atoms with van der Waals surface area (Å²) in [5.74, 6) is -1.23. The summed E-state index contributed by atoms with van der Waals surface area (Å²) in [5.41, 5.74) is -0.376. The first kappa shape index (κ1) is 21.7. The van der Waals surface area contributed by atoms with Crippen LogP contribution in [0.2, 0.25) is 0 Å². The molecule has 3 fully saturated rings. The van der Waals surface area contributed by atoms with Crippen LogP contribution in [-0.2, 0) is 21.2 Å². The van der Waals surface area contributed by atoms with Crippen LogP contribution in [0.15, 0.2) is 41.4 Å². The van der Waals surface area contributed by atoms with Crippen LogP contribution >= 0.6 is 0 Å². The second kappa shape index (κ2) is 8.04. The molecule has 0 atom stereocenters. The molecule has 2 spiro atoms. The lowest BCUT2D eigenvalue weighted by Gasteiger charge is -2.58. The minimum Gasteiger partial charge on any atom is -0.370 e. The largest absolute Gasteiger partial charge is 0.370 e. The van der Waals surface area contributed by atoms with Crippen LogP contribution in [0.5, 0.6) is 0 Å². The third-order valence-electron chi connectivity index (χ3n) is 7.00. The number of hydrogen-bond donors (Lipinski definition) is 1. The average Bonchev–Trinajstić information content (AvgIpc) is 2.74. The predicted octanol–water partition coefficient (Wildman–Crippen LogP) is 3.88. The van der Waals surface area contributed by atoms with Crippen molar-refractivity contribution in [2.75, 3.05) is 25.0 Å². The van der Waals surface area contributed by atoms with Crippen LogP contribution in [0.4, 0.5) is 14.6 Å². The van der Waals surface area contributed by atoms with Gasteiger partial charge in [-0.3, -0.25) is 0 Å². The van der Waals surface area contributed by atoms with Gasteiger partial charge in [-0.25, -0.2) is 22.2 Å². The molecule has 1 aromatic heterocycles. The fourth-order valence-electron chi connectivity index (χ4n) is 4.91. The Bertz CT molecular complexity index is 1080. The van der Waals surface area contributed by atoms with E-state index in [1.165, 1.54) is 18.3 Å². The van der Waals surface area contributed by atoms with Crippen molar-refractivity contribution in [3.8, 4) is 0 Å².